The lowest BCUT2D eigenvalue weighted by molar-refractivity contribution is 0.102. The van der Waals surface area contributed by atoms with Crippen LogP contribution in [0.2, 0.25) is 5.02 Å². The number of fused-ring (bicyclic) bond motifs is 1. The first-order chi connectivity index (χ1) is 13.0. The summed E-state index contributed by atoms with van der Waals surface area (Å²) in [5, 5.41) is 3.65. The molecule has 142 valence electrons. The number of halogens is 1. The number of carbonyl (C=O) groups is 1. The van der Waals surface area contributed by atoms with Gasteiger partial charge in [0.15, 0.2) is 0 Å². The third-order valence-corrected chi connectivity index (χ3v) is 5.03. The van der Waals surface area contributed by atoms with Gasteiger partial charge in [-0.15, -0.1) is 0 Å². The maximum Gasteiger partial charge on any atom is 0.274 e. The second-order valence-corrected chi connectivity index (χ2v) is 6.90. The third-order valence-electron chi connectivity index (χ3n) is 4.80. The Bertz CT molecular complexity index is 976. The second-order valence-electron chi connectivity index (χ2n) is 6.46. The molecule has 2 aromatic heterocycles. The number of nitrogens with zero attached hydrogens (tertiary/aromatic N) is 3. The number of hydrogen-bond acceptors (Lipinski definition) is 3. The molecule has 0 aliphatic rings. The summed E-state index contributed by atoms with van der Waals surface area (Å²) in [4.78, 5) is 19.8. The number of carbonyl (C=O) groups excluding carboxylic acids is 1. The molecule has 6 heteroatoms. The van der Waals surface area contributed by atoms with Crippen molar-refractivity contribution in [3.8, 4) is 0 Å². The highest BCUT2D eigenvalue weighted by Gasteiger charge is 2.19. The highest BCUT2D eigenvalue weighted by atomic mass is 35.5. The van der Waals surface area contributed by atoms with Crippen molar-refractivity contribution < 1.29 is 4.79 Å². The fraction of sp³-hybridized carbons (Fsp3) is 0.333. The molecule has 0 aliphatic carbocycles. The van der Waals surface area contributed by atoms with Crippen LogP contribution in [-0.4, -0.2) is 28.4 Å². The quantitative estimate of drug-likeness (QED) is 0.653. The highest BCUT2D eigenvalue weighted by molar-refractivity contribution is 6.30. The lowest BCUT2D eigenvalue weighted by Crippen LogP contribution is -2.22. The summed E-state index contributed by atoms with van der Waals surface area (Å²) in [5.41, 5.74) is 4.99. The summed E-state index contributed by atoms with van der Waals surface area (Å²) < 4.78 is 1.79. The molecule has 5 nitrogen and oxygen atoms in total. The van der Waals surface area contributed by atoms with Gasteiger partial charge in [-0.25, -0.2) is 4.98 Å². The molecule has 0 fully saturated rings. The van der Waals surface area contributed by atoms with Gasteiger partial charge in [-0.1, -0.05) is 18.5 Å². The molecule has 3 rings (SSSR count). The predicted molar refractivity (Wildman–Crippen MR) is 112 cm³/mol. The number of hydrogen-bond donors (Lipinski definition) is 1. The number of anilines is 2. The molecule has 0 unspecified atom stereocenters. The zero-order valence-corrected chi connectivity index (χ0v) is 17.0. The molecule has 0 saturated carbocycles. The molecule has 0 spiro atoms. The molecular weight excluding hydrogens is 360 g/mol. The summed E-state index contributed by atoms with van der Waals surface area (Å²) in [6.07, 6.45) is 2.46. The Labute approximate surface area is 165 Å². The minimum atomic E-state index is -0.166. The molecule has 2 heterocycles. The van der Waals surface area contributed by atoms with Gasteiger partial charge < -0.3 is 10.2 Å². The van der Waals surface area contributed by atoms with Crippen molar-refractivity contribution in [3.63, 3.8) is 0 Å². The average Bonchev–Trinajstić information content (AvgIpc) is 3.02. The molecule has 27 heavy (non-hydrogen) atoms. The Hall–Kier alpha value is -2.53. The van der Waals surface area contributed by atoms with Crippen LogP contribution in [0, 0.1) is 6.92 Å². The minimum Gasteiger partial charge on any atom is -0.372 e. The van der Waals surface area contributed by atoms with Crippen LogP contribution in [0.1, 0.15) is 42.5 Å². The smallest absolute Gasteiger partial charge is 0.274 e. The van der Waals surface area contributed by atoms with E-state index in [1.807, 2.05) is 26.0 Å². The third kappa shape index (κ3) is 3.78. The topological polar surface area (TPSA) is 49.6 Å². The van der Waals surface area contributed by atoms with E-state index in [-0.39, 0.29) is 5.91 Å². The van der Waals surface area contributed by atoms with Crippen LogP contribution in [0.4, 0.5) is 11.4 Å². The number of rotatable bonds is 6. The SMILES string of the molecule is CCc1nc2cc(Cl)ccn2c1C(=O)Nc1ccc(N(CC)CC)cc1C. The Morgan fingerprint density at radius 2 is 1.93 bits per heavy atom. The van der Waals surface area contributed by atoms with Crippen molar-refractivity contribution in [1.82, 2.24) is 9.38 Å². The number of aryl methyl sites for hydroxylation is 2. The summed E-state index contributed by atoms with van der Waals surface area (Å²) in [6.45, 7) is 10.2. The van der Waals surface area contributed by atoms with Gasteiger partial charge in [0.05, 0.1) is 5.69 Å². The van der Waals surface area contributed by atoms with Gasteiger partial charge in [-0.2, -0.15) is 0 Å². The molecular formula is C21H25ClN4O. The normalized spacial score (nSPS) is 11.0. The average molecular weight is 385 g/mol. The molecule has 0 radical (unpaired) electrons. The van der Waals surface area contributed by atoms with E-state index in [9.17, 15) is 4.79 Å². The number of imidazole rings is 1. The van der Waals surface area contributed by atoms with Crippen LogP contribution in [0.25, 0.3) is 5.65 Å². The molecule has 1 aromatic carbocycles. The van der Waals surface area contributed by atoms with E-state index < -0.39 is 0 Å². The fourth-order valence-corrected chi connectivity index (χ4v) is 3.46. The first-order valence-corrected chi connectivity index (χ1v) is 9.69. The van der Waals surface area contributed by atoms with E-state index in [1.165, 1.54) is 0 Å². The first-order valence-electron chi connectivity index (χ1n) is 9.31. The Balaban J connectivity index is 1.93. The lowest BCUT2D eigenvalue weighted by atomic mass is 10.1. The van der Waals surface area contributed by atoms with Gasteiger partial charge in [-0.3, -0.25) is 9.20 Å². The van der Waals surface area contributed by atoms with Crippen molar-refractivity contribution in [3.05, 3.63) is 58.5 Å². The maximum absolute atomic E-state index is 13.0. The number of amides is 1. The van der Waals surface area contributed by atoms with Crippen LogP contribution in [0.3, 0.4) is 0 Å². The number of nitrogens with one attached hydrogen (secondary N) is 1. The second kappa shape index (κ2) is 8.01. The van der Waals surface area contributed by atoms with E-state index >= 15 is 0 Å². The Morgan fingerprint density at radius 3 is 2.56 bits per heavy atom. The summed E-state index contributed by atoms with van der Waals surface area (Å²) in [7, 11) is 0. The minimum absolute atomic E-state index is 0.166. The molecule has 1 amide bonds. The summed E-state index contributed by atoms with van der Waals surface area (Å²) in [5.74, 6) is -0.166. The van der Waals surface area contributed by atoms with Crippen molar-refractivity contribution in [2.24, 2.45) is 0 Å². The van der Waals surface area contributed by atoms with Crippen molar-refractivity contribution >= 4 is 34.5 Å². The molecule has 0 aliphatic heterocycles. The first kappa shape index (κ1) is 19.2. The monoisotopic (exact) mass is 384 g/mol. The number of pyridine rings is 1. The number of aromatic nitrogens is 2. The summed E-state index contributed by atoms with van der Waals surface area (Å²) in [6, 6.07) is 9.65. The Kier molecular flexibility index (Phi) is 5.71. The van der Waals surface area contributed by atoms with E-state index in [4.69, 9.17) is 11.6 Å². The van der Waals surface area contributed by atoms with E-state index in [0.717, 1.165) is 35.7 Å². The molecule has 1 N–H and O–H groups in total. The predicted octanol–water partition coefficient (Wildman–Crippen LogP) is 4.96. The van der Waals surface area contributed by atoms with Crippen LogP contribution in [0.5, 0.6) is 0 Å². The molecule has 3 aromatic rings. The van der Waals surface area contributed by atoms with Gasteiger partial charge in [0.1, 0.15) is 11.3 Å². The van der Waals surface area contributed by atoms with Crippen molar-refractivity contribution in [1.29, 1.82) is 0 Å². The standard InChI is InChI=1S/C21H25ClN4O/c1-5-17-20(26-11-10-15(22)13-19(26)23-17)21(27)24-18-9-8-16(12-14(18)4)25(6-2)7-3/h8-13H,5-7H2,1-4H3,(H,24,27). The number of benzene rings is 1. The van der Waals surface area contributed by atoms with Gasteiger partial charge in [-0.05, 0) is 57.0 Å². The van der Waals surface area contributed by atoms with Gasteiger partial charge >= 0.3 is 0 Å². The highest BCUT2D eigenvalue weighted by Crippen LogP contribution is 2.24. The van der Waals surface area contributed by atoms with Crippen LogP contribution >= 0.6 is 11.6 Å². The zero-order valence-electron chi connectivity index (χ0n) is 16.2. The van der Waals surface area contributed by atoms with Crippen LogP contribution < -0.4 is 10.2 Å². The van der Waals surface area contributed by atoms with Crippen molar-refractivity contribution in [2.45, 2.75) is 34.1 Å². The maximum atomic E-state index is 13.0. The van der Waals surface area contributed by atoms with E-state index in [0.29, 0.717) is 22.8 Å². The fourth-order valence-electron chi connectivity index (χ4n) is 3.31. The molecule has 0 bridgehead atoms. The van der Waals surface area contributed by atoms with Crippen LogP contribution in [0.15, 0.2) is 36.5 Å². The van der Waals surface area contributed by atoms with Gasteiger partial charge in [0, 0.05) is 41.8 Å². The zero-order chi connectivity index (χ0) is 19.6. The molecule has 0 saturated heterocycles. The van der Waals surface area contributed by atoms with Crippen molar-refractivity contribution in [2.75, 3.05) is 23.3 Å². The van der Waals surface area contributed by atoms with Gasteiger partial charge in [0.2, 0.25) is 0 Å². The Morgan fingerprint density at radius 1 is 1.19 bits per heavy atom. The lowest BCUT2D eigenvalue weighted by Gasteiger charge is -2.22. The van der Waals surface area contributed by atoms with Gasteiger partial charge in [0.25, 0.3) is 5.91 Å². The van der Waals surface area contributed by atoms with Crippen LogP contribution in [-0.2, 0) is 6.42 Å². The molecule has 0 atom stereocenters. The van der Waals surface area contributed by atoms with E-state index in [2.05, 4.69) is 35.1 Å². The summed E-state index contributed by atoms with van der Waals surface area (Å²) >= 11 is 6.06. The van der Waals surface area contributed by atoms with E-state index in [1.54, 1.807) is 22.7 Å². The largest absolute Gasteiger partial charge is 0.372 e.